The van der Waals surface area contributed by atoms with E-state index in [0.29, 0.717) is 6.07 Å². The number of fused-ring (bicyclic) bond motifs is 2. The summed E-state index contributed by atoms with van der Waals surface area (Å²) in [4.78, 5) is -2.22. The molecule has 0 radical (unpaired) electrons. The summed E-state index contributed by atoms with van der Waals surface area (Å²) in [6, 6.07) is 10.0. The number of aromatic hydroxyl groups is 1. The van der Waals surface area contributed by atoms with Gasteiger partial charge in [0.05, 0.1) is 21.2 Å². The number of nitrogens with zero attached hydrogens (tertiary/aromatic N) is 2. The largest absolute Gasteiger partial charge is 0.507 e. The predicted octanol–water partition coefficient (Wildman–Crippen LogP) is 3.44. The van der Waals surface area contributed by atoms with Crippen molar-refractivity contribution in [3.63, 3.8) is 0 Å². The molecule has 16 heteroatoms. The Balaban J connectivity index is 1.94. The van der Waals surface area contributed by atoms with Crippen molar-refractivity contribution in [2.24, 2.45) is 10.2 Å². The molecule has 0 aromatic heterocycles. The number of azo groups is 1. The maximum Gasteiger partial charge on any atom is 0.295 e. The third-order valence-corrected chi connectivity index (χ3v) is 7.66. The molecule has 4 rings (SSSR count). The van der Waals surface area contributed by atoms with Gasteiger partial charge in [0.1, 0.15) is 16.3 Å². The van der Waals surface area contributed by atoms with E-state index >= 15 is 0 Å². The van der Waals surface area contributed by atoms with E-state index in [1.807, 2.05) is 0 Å². The molecular weight excluding hydrogens is 538 g/mol. The summed E-state index contributed by atoms with van der Waals surface area (Å²) in [7, 11) is -14.5. The van der Waals surface area contributed by atoms with Crippen molar-refractivity contribution in [3.05, 3.63) is 54.6 Å². The highest BCUT2D eigenvalue weighted by Crippen LogP contribution is 2.39. The molecule has 0 heterocycles. The summed E-state index contributed by atoms with van der Waals surface area (Å²) in [6.07, 6.45) is 0. The number of nitrogens with two attached hydrogens (primary N) is 1. The number of benzene rings is 4. The van der Waals surface area contributed by atoms with Crippen LogP contribution in [-0.4, -0.2) is 44.0 Å². The van der Waals surface area contributed by atoms with E-state index in [1.54, 1.807) is 0 Å². The highest BCUT2D eigenvalue weighted by atomic mass is 32.2. The first-order valence-corrected chi connectivity index (χ1v) is 13.8. The van der Waals surface area contributed by atoms with E-state index in [-0.39, 0.29) is 38.6 Å². The molecule has 188 valence electrons. The SMILES string of the molecule is Nc1ccc2c(S(=O)(=O)O)cc(S(=O)(=O)O)cc2c1N=Nc1ccc2c(O)cc(S(=O)(=O)O)cc2c1. The molecular formula is C20H15N3O10S3. The van der Waals surface area contributed by atoms with Crippen LogP contribution in [0.25, 0.3) is 21.5 Å². The summed E-state index contributed by atoms with van der Waals surface area (Å²) in [5.74, 6) is -0.419. The fourth-order valence-corrected chi connectivity index (χ4v) is 5.36. The van der Waals surface area contributed by atoms with Crippen LogP contribution in [0, 0.1) is 0 Å². The molecule has 0 atom stereocenters. The minimum Gasteiger partial charge on any atom is -0.507 e. The molecule has 0 aliphatic heterocycles. The smallest absolute Gasteiger partial charge is 0.295 e. The first-order chi connectivity index (χ1) is 16.6. The quantitative estimate of drug-likeness (QED) is 0.136. The van der Waals surface area contributed by atoms with Crippen LogP contribution in [0.4, 0.5) is 17.1 Å². The van der Waals surface area contributed by atoms with Gasteiger partial charge in [-0.15, -0.1) is 5.11 Å². The Bertz CT molecular complexity index is 1940. The van der Waals surface area contributed by atoms with Gasteiger partial charge in [-0.2, -0.15) is 30.4 Å². The van der Waals surface area contributed by atoms with Gasteiger partial charge >= 0.3 is 0 Å². The summed E-state index contributed by atoms with van der Waals surface area (Å²) < 4.78 is 98.3. The number of hydrogen-bond donors (Lipinski definition) is 5. The average molecular weight is 554 g/mol. The molecule has 6 N–H and O–H groups in total. The Morgan fingerprint density at radius 2 is 1.25 bits per heavy atom. The molecule has 0 bridgehead atoms. The van der Waals surface area contributed by atoms with Crippen molar-refractivity contribution in [2.75, 3.05) is 5.73 Å². The molecule has 0 saturated heterocycles. The molecule has 0 unspecified atom stereocenters. The van der Waals surface area contributed by atoms with Crippen LogP contribution in [0.3, 0.4) is 0 Å². The van der Waals surface area contributed by atoms with Crippen LogP contribution in [0.15, 0.2) is 79.5 Å². The monoisotopic (exact) mass is 553 g/mol. The number of anilines is 1. The molecule has 13 nitrogen and oxygen atoms in total. The average Bonchev–Trinajstić information content (AvgIpc) is 2.75. The molecule has 4 aromatic rings. The predicted molar refractivity (Wildman–Crippen MR) is 128 cm³/mol. The van der Waals surface area contributed by atoms with Gasteiger partial charge in [0.25, 0.3) is 30.4 Å². The van der Waals surface area contributed by atoms with E-state index < -0.39 is 50.8 Å². The van der Waals surface area contributed by atoms with Crippen molar-refractivity contribution in [3.8, 4) is 5.75 Å². The Morgan fingerprint density at radius 1 is 0.639 bits per heavy atom. The zero-order valence-corrected chi connectivity index (χ0v) is 20.1. The van der Waals surface area contributed by atoms with Crippen LogP contribution in [0.2, 0.25) is 0 Å². The Labute approximate surface area is 203 Å². The zero-order chi connectivity index (χ0) is 26.6. The Hall–Kier alpha value is -3.67. The van der Waals surface area contributed by atoms with Crippen LogP contribution in [0.1, 0.15) is 0 Å². The Morgan fingerprint density at radius 3 is 1.86 bits per heavy atom. The lowest BCUT2D eigenvalue weighted by Gasteiger charge is -2.10. The van der Waals surface area contributed by atoms with Gasteiger partial charge in [-0.25, -0.2) is 0 Å². The highest BCUT2D eigenvalue weighted by Gasteiger charge is 2.22. The van der Waals surface area contributed by atoms with Gasteiger partial charge in [0, 0.05) is 22.2 Å². The van der Waals surface area contributed by atoms with Crippen molar-refractivity contribution >= 4 is 69.0 Å². The number of phenols is 1. The maximum atomic E-state index is 11.9. The molecule has 4 aromatic carbocycles. The summed E-state index contributed by atoms with van der Waals surface area (Å²) in [5.41, 5.74) is 5.79. The van der Waals surface area contributed by atoms with Crippen molar-refractivity contribution in [1.29, 1.82) is 0 Å². The Kier molecular flexibility index (Phi) is 5.98. The number of hydrogen-bond acceptors (Lipinski definition) is 10. The second kappa shape index (κ2) is 8.47. The maximum absolute atomic E-state index is 11.9. The van der Waals surface area contributed by atoms with E-state index in [1.165, 1.54) is 30.3 Å². The van der Waals surface area contributed by atoms with Crippen molar-refractivity contribution in [1.82, 2.24) is 0 Å². The van der Waals surface area contributed by atoms with E-state index in [2.05, 4.69) is 10.2 Å². The van der Waals surface area contributed by atoms with Crippen LogP contribution >= 0.6 is 0 Å². The molecule has 36 heavy (non-hydrogen) atoms. The van der Waals surface area contributed by atoms with Crippen LogP contribution in [-0.2, 0) is 30.4 Å². The first kappa shape index (κ1) is 25.4. The molecule has 0 spiro atoms. The minimum absolute atomic E-state index is 0.0629. The fraction of sp³-hybridized carbons (Fsp3) is 0. The lowest BCUT2D eigenvalue weighted by Crippen LogP contribution is -2.04. The highest BCUT2D eigenvalue weighted by molar-refractivity contribution is 7.87. The van der Waals surface area contributed by atoms with E-state index in [4.69, 9.17) is 5.73 Å². The fourth-order valence-electron chi connectivity index (χ4n) is 3.48. The summed E-state index contributed by atoms with van der Waals surface area (Å²) >= 11 is 0. The molecule has 0 amide bonds. The molecule has 0 fully saturated rings. The lowest BCUT2D eigenvalue weighted by atomic mass is 10.1. The van der Waals surface area contributed by atoms with Gasteiger partial charge in [-0.1, -0.05) is 6.07 Å². The lowest BCUT2D eigenvalue weighted by molar-refractivity contribution is 0.471. The van der Waals surface area contributed by atoms with Crippen molar-refractivity contribution < 1.29 is 44.0 Å². The van der Waals surface area contributed by atoms with Crippen LogP contribution in [0.5, 0.6) is 5.75 Å². The van der Waals surface area contributed by atoms with E-state index in [0.717, 1.165) is 18.2 Å². The molecule has 0 saturated carbocycles. The van der Waals surface area contributed by atoms with Crippen molar-refractivity contribution in [2.45, 2.75) is 14.7 Å². The first-order valence-electron chi connectivity index (χ1n) is 9.53. The third-order valence-electron chi connectivity index (χ3n) is 5.10. The minimum atomic E-state index is -4.94. The summed E-state index contributed by atoms with van der Waals surface area (Å²) in [6.45, 7) is 0. The number of rotatable bonds is 5. The third kappa shape index (κ3) is 4.85. The number of phenolic OH excluding ortho intramolecular Hbond substituents is 1. The van der Waals surface area contributed by atoms with Gasteiger partial charge in [-0.05, 0) is 47.9 Å². The second-order valence-corrected chi connectivity index (χ2v) is 11.7. The molecule has 0 aliphatic rings. The zero-order valence-electron chi connectivity index (χ0n) is 17.6. The topological polar surface area (TPSA) is 234 Å². The normalized spacial score (nSPS) is 13.1. The van der Waals surface area contributed by atoms with Gasteiger partial charge in [-0.3, -0.25) is 13.7 Å². The second-order valence-electron chi connectivity index (χ2n) is 7.49. The number of nitrogen functional groups attached to an aromatic ring is 1. The molecule has 0 aliphatic carbocycles. The summed E-state index contributed by atoms with van der Waals surface area (Å²) in [5, 5.41) is 18.1. The van der Waals surface area contributed by atoms with Gasteiger partial charge in [0.15, 0.2) is 0 Å². The standard InChI is InChI=1S/C20H15N3O10S3/c21-17-4-3-15-16(7-13(35(28,29)30)9-19(15)36(31,32)33)20(17)23-22-11-1-2-14-10(5-11)6-12(8-18(14)24)34(25,26)27/h1-9,24H,21H2,(H,25,26,27)(H,28,29,30)(H,31,32,33). The van der Waals surface area contributed by atoms with Gasteiger partial charge < -0.3 is 10.8 Å². The van der Waals surface area contributed by atoms with Gasteiger partial charge in [0.2, 0.25) is 0 Å². The van der Waals surface area contributed by atoms with E-state index in [9.17, 15) is 44.0 Å². The van der Waals surface area contributed by atoms with Crippen LogP contribution < -0.4 is 5.73 Å².